The number of carbonyl (C=O) groups excluding carboxylic acids is 2. The van der Waals surface area contributed by atoms with Gasteiger partial charge in [0, 0.05) is 0 Å². The van der Waals surface area contributed by atoms with Crippen LogP contribution in [-0.2, 0) is 32.3 Å². The Labute approximate surface area is 202 Å². The van der Waals surface area contributed by atoms with Crippen LogP contribution in [0.1, 0.15) is 75.3 Å². The standard InChI is InChI=1S/C28H38O6/c29-26(30)20-14-6-4-2-1-3-5-13-19-25(27(31)33-21-23-15-9-7-10-16-23)28(32)34-22-24-17-11-8-12-18-24/h7-12,15-18,25-26,29-30H,1-6,13-14,19-22H2. The molecule has 0 aromatic heterocycles. The van der Waals surface area contributed by atoms with Crippen LogP contribution in [0.4, 0.5) is 0 Å². The Kier molecular flexibility index (Phi) is 13.6. The van der Waals surface area contributed by atoms with E-state index < -0.39 is 24.1 Å². The molecule has 0 spiro atoms. The lowest BCUT2D eigenvalue weighted by Gasteiger charge is -2.16. The fourth-order valence-electron chi connectivity index (χ4n) is 3.73. The molecule has 34 heavy (non-hydrogen) atoms. The van der Waals surface area contributed by atoms with Crippen molar-refractivity contribution in [1.29, 1.82) is 0 Å². The first-order valence-corrected chi connectivity index (χ1v) is 12.3. The molecule has 0 fully saturated rings. The van der Waals surface area contributed by atoms with Gasteiger partial charge in [0.25, 0.3) is 0 Å². The monoisotopic (exact) mass is 470 g/mol. The molecule has 6 nitrogen and oxygen atoms in total. The average molecular weight is 471 g/mol. The SMILES string of the molecule is O=C(OCc1ccccc1)C(CCCCCCCCCCC(O)O)C(=O)OCc1ccccc1. The van der Waals surface area contributed by atoms with Gasteiger partial charge in [0.05, 0.1) is 0 Å². The van der Waals surface area contributed by atoms with E-state index in [2.05, 4.69) is 0 Å². The number of carbonyl (C=O) groups is 2. The van der Waals surface area contributed by atoms with Gasteiger partial charge in [-0.1, -0.05) is 106 Å². The largest absolute Gasteiger partial charge is 0.460 e. The number of hydrogen-bond donors (Lipinski definition) is 2. The Bertz CT molecular complexity index is 751. The third-order valence-electron chi connectivity index (χ3n) is 5.72. The fraction of sp³-hybridized carbons (Fsp3) is 0.500. The number of rotatable bonds is 17. The summed E-state index contributed by atoms with van der Waals surface area (Å²) in [6, 6.07) is 18.8. The van der Waals surface area contributed by atoms with E-state index in [9.17, 15) is 9.59 Å². The summed E-state index contributed by atoms with van der Waals surface area (Å²) in [6.45, 7) is 0.269. The molecule has 2 rings (SSSR count). The molecule has 0 aliphatic carbocycles. The summed E-state index contributed by atoms with van der Waals surface area (Å²) < 4.78 is 10.9. The molecule has 0 amide bonds. The third-order valence-corrected chi connectivity index (χ3v) is 5.72. The molecule has 2 aromatic rings. The summed E-state index contributed by atoms with van der Waals surface area (Å²) in [4.78, 5) is 25.5. The molecule has 186 valence electrons. The van der Waals surface area contributed by atoms with E-state index in [-0.39, 0.29) is 13.2 Å². The van der Waals surface area contributed by atoms with Crippen molar-refractivity contribution in [1.82, 2.24) is 0 Å². The third kappa shape index (κ3) is 12.0. The molecule has 0 saturated heterocycles. The van der Waals surface area contributed by atoms with E-state index in [0.717, 1.165) is 62.5 Å². The van der Waals surface area contributed by atoms with Crippen LogP contribution in [-0.4, -0.2) is 28.4 Å². The van der Waals surface area contributed by atoms with Gasteiger partial charge >= 0.3 is 11.9 Å². The highest BCUT2D eigenvalue weighted by atomic mass is 16.6. The first kappa shape index (κ1) is 27.5. The highest BCUT2D eigenvalue weighted by Gasteiger charge is 2.29. The van der Waals surface area contributed by atoms with Crippen molar-refractivity contribution in [3.05, 3.63) is 71.8 Å². The maximum atomic E-state index is 12.7. The van der Waals surface area contributed by atoms with Gasteiger partial charge < -0.3 is 19.7 Å². The van der Waals surface area contributed by atoms with Crippen LogP contribution in [0.2, 0.25) is 0 Å². The number of benzene rings is 2. The molecule has 0 heterocycles. The topological polar surface area (TPSA) is 93.1 Å². The van der Waals surface area contributed by atoms with Gasteiger partial charge in [-0.15, -0.1) is 0 Å². The molecule has 0 saturated carbocycles. The second kappa shape index (κ2) is 16.8. The van der Waals surface area contributed by atoms with Crippen molar-refractivity contribution in [3.8, 4) is 0 Å². The lowest BCUT2D eigenvalue weighted by Crippen LogP contribution is -2.28. The number of aliphatic hydroxyl groups is 2. The summed E-state index contributed by atoms with van der Waals surface area (Å²) in [7, 11) is 0. The molecule has 0 atom stereocenters. The minimum absolute atomic E-state index is 0.134. The predicted octanol–water partition coefficient (Wildman–Crippen LogP) is 5.30. The first-order valence-electron chi connectivity index (χ1n) is 12.3. The van der Waals surface area contributed by atoms with E-state index in [1.54, 1.807) is 0 Å². The van der Waals surface area contributed by atoms with E-state index in [1.807, 2.05) is 60.7 Å². The van der Waals surface area contributed by atoms with E-state index in [0.29, 0.717) is 12.8 Å². The molecule has 2 N–H and O–H groups in total. The van der Waals surface area contributed by atoms with E-state index >= 15 is 0 Å². The van der Waals surface area contributed by atoms with Gasteiger partial charge in [-0.05, 0) is 30.4 Å². The normalized spacial score (nSPS) is 11.1. The van der Waals surface area contributed by atoms with Gasteiger partial charge in [-0.3, -0.25) is 9.59 Å². The Morgan fingerprint density at radius 3 is 1.38 bits per heavy atom. The number of unbranched alkanes of at least 4 members (excludes halogenated alkanes) is 7. The lowest BCUT2D eigenvalue weighted by molar-refractivity contribution is -0.164. The highest BCUT2D eigenvalue weighted by Crippen LogP contribution is 2.18. The maximum absolute atomic E-state index is 12.7. The first-order chi connectivity index (χ1) is 16.6. The van der Waals surface area contributed by atoms with Crippen LogP contribution in [0.15, 0.2) is 60.7 Å². The molecule has 0 unspecified atom stereocenters. The Morgan fingerprint density at radius 1 is 0.588 bits per heavy atom. The summed E-state index contributed by atoms with van der Waals surface area (Å²) in [6.07, 6.45) is 7.46. The molecule has 0 aliphatic rings. The zero-order valence-corrected chi connectivity index (χ0v) is 19.9. The van der Waals surface area contributed by atoms with Gasteiger partial charge in [0.15, 0.2) is 12.2 Å². The Balaban J connectivity index is 1.74. The van der Waals surface area contributed by atoms with Crippen molar-refractivity contribution in [2.24, 2.45) is 5.92 Å². The maximum Gasteiger partial charge on any atom is 0.320 e. The number of esters is 2. The fourth-order valence-corrected chi connectivity index (χ4v) is 3.73. The molecular weight excluding hydrogens is 432 g/mol. The molecule has 2 aromatic carbocycles. The van der Waals surface area contributed by atoms with Crippen molar-refractivity contribution < 1.29 is 29.3 Å². The highest BCUT2D eigenvalue weighted by molar-refractivity contribution is 5.94. The molecule has 6 heteroatoms. The van der Waals surface area contributed by atoms with Crippen LogP contribution >= 0.6 is 0 Å². The molecular formula is C28H38O6. The zero-order chi connectivity index (χ0) is 24.4. The second-order valence-corrected chi connectivity index (χ2v) is 8.63. The molecule has 0 aliphatic heterocycles. The smallest absolute Gasteiger partial charge is 0.320 e. The summed E-state index contributed by atoms with van der Waals surface area (Å²) in [5.41, 5.74) is 1.75. The molecule has 0 bridgehead atoms. The van der Waals surface area contributed by atoms with Crippen molar-refractivity contribution in [2.45, 2.75) is 83.7 Å². The van der Waals surface area contributed by atoms with Crippen LogP contribution in [0.25, 0.3) is 0 Å². The zero-order valence-electron chi connectivity index (χ0n) is 19.9. The van der Waals surface area contributed by atoms with Crippen LogP contribution in [0.5, 0.6) is 0 Å². The van der Waals surface area contributed by atoms with Gasteiger partial charge in [0.1, 0.15) is 13.2 Å². The average Bonchev–Trinajstić information content (AvgIpc) is 2.85. The van der Waals surface area contributed by atoms with E-state index in [1.165, 1.54) is 0 Å². The Hall–Kier alpha value is -2.70. The van der Waals surface area contributed by atoms with Crippen molar-refractivity contribution >= 4 is 11.9 Å². The van der Waals surface area contributed by atoms with Crippen molar-refractivity contribution in [3.63, 3.8) is 0 Å². The summed E-state index contributed by atoms with van der Waals surface area (Å²) >= 11 is 0. The second-order valence-electron chi connectivity index (χ2n) is 8.63. The number of hydrogen-bond acceptors (Lipinski definition) is 6. The summed E-state index contributed by atoms with van der Waals surface area (Å²) in [5.74, 6) is -1.99. The summed E-state index contributed by atoms with van der Waals surface area (Å²) in [5, 5.41) is 17.7. The van der Waals surface area contributed by atoms with Crippen LogP contribution in [0.3, 0.4) is 0 Å². The minimum atomic E-state index is -1.20. The van der Waals surface area contributed by atoms with Crippen molar-refractivity contribution in [2.75, 3.05) is 0 Å². The predicted molar refractivity (Wildman–Crippen MR) is 130 cm³/mol. The van der Waals surface area contributed by atoms with Gasteiger partial charge in [-0.25, -0.2) is 0 Å². The quantitative estimate of drug-likeness (QED) is 0.141. The van der Waals surface area contributed by atoms with Gasteiger partial charge in [0.2, 0.25) is 0 Å². The lowest BCUT2D eigenvalue weighted by atomic mass is 9.99. The van der Waals surface area contributed by atoms with Crippen LogP contribution < -0.4 is 0 Å². The van der Waals surface area contributed by atoms with Gasteiger partial charge in [-0.2, -0.15) is 0 Å². The minimum Gasteiger partial charge on any atom is -0.460 e. The van der Waals surface area contributed by atoms with Crippen LogP contribution in [0, 0.1) is 5.92 Å². The molecule has 0 radical (unpaired) electrons. The number of aliphatic hydroxyl groups excluding tert-OH is 1. The Morgan fingerprint density at radius 2 is 0.971 bits per heavy atom. The van der Waals surface area contributed by atoms with E-state index in [4.69, 9.17) is 19.7 Å². The number of ether oxygens (including phenoxy) is 2.